The quantitative estimate of drug-likeness (QED) is 0.799. The topological polar surface area (TPSA) is 47.3 Å². The first-order valence-corrected chi connectivity index (χ1v) is 5.15. The minimum Gasteiger partial charge on any atom is -0.497 e. The number of nitrogens with one attached hydrogen (secondary N) is 1. The highest BCUT2D eigenvalue weighted by Gasteiger charge is 2.01. The van der Waals surface area contributed by atoms with Gasteiger partial charge in [-0.1, -0.05) is 0 Å². The lowest BCUT2D eigenvalue weighted by Crippen LogP contribution is -1.96. The van der Waals surface area contributed by atoms with Gasteiger partial charge in [-0.15, -0.1) is 0 Å². The van der Waals surface area contributed by atoms with Gasteiger partial charge in [-0.05, 0) is 42.5 Å². The molecule has 0 radical (unpaired) electrons. The molecule has 0 saturated carbocycles. The number of hydrogen-bond acceptors (Lipinski definition) is 3. The molecule has 0 heterocycles. The van der Waals surface area contributed by atoms with Gasteiger partial charge in [0.05, 0.1) is 18.5 Å². The SMILES string of the molecule is COc1ccc(Nc2ccc(F)cc2N)cc1. The van der Waals surface area contributed by atoms with Crippen molar-refractivity contribution < 1.29 is 9.13 Å². The third-order valence-electron chi connectivity index (χ3n) is 2.38. The highest BCUT2D eigenvalue weighted by atomic mass is 19.1. The summed E-state index contributed by atoms with van der Waals surface area (Å²) in [7, 11) is 1.61. The molecule has 0 fully saturated rings. The average molecular weight is 232 g/mol. The Bertz CT molecular complexity index is 511. The molecule has 2 aromatic rings. The van der Waals surface area contributed by atoms with Crippen LogP contribution in [0.5, 0.6) is 5.75 Å². The summed E-state index contributed by atoms with van der Waals surface area (Å²) >= 11 is 0. The summed E-state index contributed by atoms with van der Waals surface area (Å²) in [5, 5.41) is 3.10. The molecule has 2 aromatic carbocycles. The van der Waals surface area contributed by atoms with Crippen LogP contribution in [0.3, 0.4) is 0 Å². The number of ether oxygens (including phenoxy) is 1. The van der Waals surface area contributed by atoms with Crippen molar-refractivity contribution in [2.24, 2.45) is 0 Å². The predicted molar refractivity (Wildman–Crippen MR) is 67.1 cm³/mol. The lowest BCUT2D eigenvalue weighted by Gasteiger charge is -2.09. The molecule has 2 rings (SSSR count). The van der Waals surface area contributed by atoms with Crippen LogP contribution in [0.4, 0.5) is 21.5 Å². The number of hydrogen-bond donors (Lipinski definition) is 2. The van der Waals surface area contributed by atoms with Crippen molar-refractivity contribution in [1.82, 2.24) is 0 Å². The van der Waals surface area contributed by atoms with Crippen molar-refractivity contribution in [1.29, 1.82) is 0 Å². The summed E-state index contributed by atoms with van der Waals surface area (Å²) in [6.07, 6.45) is 0. The van der Waals surface area contributed by atoms with Gasteiger partial charge in [-0.25, -0.2) is 4.39 Å². The monoisotopic (exact) mass is 232 g/mol. The number of halogens is 1. The van der Waals surface area contributed by atoms with E-state index in [9.17, 15) is 4.39 Å². The largest absolute Gasteiger partial charge is 0.497 e. The molecule has 0 aromatic heterocycles. The highest BCUT2D eigenvalue weighted by Crippen LogP contribution is 2.24. The smallest absolute Gasteiger partial charge is 0.125 e. The number of rotatable bonds is 3. The van der Waals surface area contributed by atoms with Crippen molar-refractivity contribution in [2.75, 3.05) is 18.2 Å². The zero-order valence-electron chi connectivity index (χ0n) is 9.41. The van der Waals surface area contributed by atoms with E-state index in [0.29, 0.717) is 11.4 Å². The second-order valence-electron chi connectivity index (χ2n) is 3.59. The van der Waals surface area contributed by atoms with Gasteiger partial charge >= 0.3 is 0 Å². The molecule has 0 amide bonds. The van der Waals surface area contributed by atoms with Crippen molar-refractivity contribution >= 4 is 17.1 Å². The Morgan fingerprint density at radius 1 is 1.12 bits per heavy atom. The fraction of sp³-hybridized carbons (Fsp3) is 0.0769. The molecule has 17 heavy (non-hydrogen) atoms. The summed E-state index contributed by atoms with van der Waals surface area (Å²) in [6, 6.07) is 11.6. The van der Waals surface area contributed by atoms with E-state index in [4.69, 9.17) is 10.5 Å². The fourth-order valence-corrected chi connectivity index (χ4v) is 1.48. The van der Waals surface area contributed by atoms with Crippen molar-refractivity contribution in [3.8, 4) is 5.75 Å². The number of anilines is 3. The van der Waals surface area contributed by atoms with Gasteiger partial charge in [-0.2, -0.15) is 0 Å². The maximum atomic E-state index is 12.9. The van der Waals surface area contributed by atoms with Crippen LogP contribution in [-0.2, 0) is 0 Å². The van der Waals surface area contributed by atoms with E-state index < -0.39 is 0 Å². The zero-order valence-corrected chi connectivity index (χ0v) is 9.41. The van der Waals surface area contributed by atoms with Crippen LogP contribution in [-0.4, -0.2) is 7.11 Å². The number of benzene rings is 2. The lowest BCUT2D eigenvalue weighted by atomic mass is 10.2. The van der Waals surface area contributed by atoms with Crippen LogP contribution in [0.15, 0.2) is 42.5 Å². The standard InChI is InChI=1S/C13H13FN2O/c1-17-11-5-3-10(4-6-11)16-13-7-2-9(14)8-12(13)15/h2-8,16H,15H2,1H3. The van der Waals surface area contributed by atoms with Crippen molar-refractivity contribution in [2.45, 2.75) is 0 Å². The van der Waals surface area contributed by atoms with Gasteiger partial charge in [0.25, 0.3) is 0 Å². The molecular formula is C13H13FN2O. The summed E-state index contributed by atoms with van der Waals surface area (Å²) in [4.78, 5) is 0. The first-order valence-electron chi connectivity index (χ1n) is 5.15. The van der Waals surface area contributed by atoms with Gasteiger partial charge in [0.1, 0.15) is 11.6 Å². The predicted octanol–water partition coefficient (Wildman–Crippen LogP) is 3.16. The molecule has 0 aliphatic rings. The zero-order chi connectivity index (χ0) is 12.3. The van der Waals surface area contributed by atoms with Crippen LogP contribution < -0.4 is 15.8 Å². The van der Waals surface area contributed by atoms with Crippen LogP contribution >= 0.6 is 0 Å². The molecule has 3 N–H and O–H groups in total. The van der Waals surface area contributed by atoms with Crippen LogP contribution in [0.2, 0.25) is 0 Å². The summed E-state index contributed by atoms with van der Waals surface area (Å²) < 4.78 is 17.9. The van der Waals surface area contributed by atoms with E-state index in [1.54, 1.807) is 13.2 Å². The minimum atomic E-state index is -0.345. The Morgan fingerprint density at radius 3 is 2.41 bits per heavy atom. The maximum absolute atomic E-state index is 12.9. The van der Waals surface area contributed by atoms with Gasteiger partial charge in [0.2, 0.25) is 0 Å². The molecule has 0 aliphatic heterocycles. The number of methoxy groups -OCH3 is 1. The molecule has 0 saturated heterocycles. The third kappa shape index (κ3) is 2.66. The molecule has 3 nitrogen and oxygen atoms in total. The van der Waals surface area contributed by atoms with E-state index in [2.05, 4.69) is 5.32 Å². The number of nitrogens with two attached hydrogens (primary N) is 1. The van der Waals surface area contributed by atoms with E-state index in [1.165, 1.54) is 12.1 Å². The Hall–Kier alpha value is -2.23. The molecule has 0 aliphatic carbocycles. The van der Waals surface area contributed by atoms with Gasteiger partial charge in [0, 0.05) is 5.69 Å². The molecule has 0 atom stereocenters. The summed E-state index contributed by atoms with van der Waals surface area (Å²) in [6.45, 7) is 0. The van der Waals surface area contributed by atoms with E-state index in [1.807, 2.05) is 24.3 Å². The fourth-order valence-electron chi connectivity index (χ4n) is 1.48. The first-order chi connectivity index (χ1) is 8.19. The minimum absolute atomic E-state index is 0.345. The Morgan fingerprint density at radius 2 is 1.82 bits per heavy atom. The maximum Gasteiger partial charge on any atom is 0.125 e. The molecule has 0 spiro atoms. The Labute approximate surface area is 99.0 Å². The first kappa shape index (κ1) is 11.3. The highest BCUT2D eigenvalue weighted by molar-refractivity contribution is 5.72. The van der Waals surface area contributed by atoms with Crippen LogP contribution in [0, 0.1) is 5.82 Å². The van der Waals surface area contributed by atoms with E-state index in [-0.39, 0.29) is 5.82 Å². The van der Waals surface area contributed by atoms with Gasteiger partial charge in [-0.3, -0.25) is 0 Å². The van der Waals surface area contributed by atoms with Crippen LogP contribution in [0.1, 0.15) is 0 Å². The van der Waals surface area contributed by atoms with E-state index in [0.717, 1.165) is 11.4 Å². The normalized spacial score (nSPS) is 10.0. The van der Waals surface area contributed by atoms with E-state index >= 15 is 0 Å². The second kappa shape index (κ2) is 4.74. The van der Waals surface area contributed by atoms with Crippen LogP contribution in [0.25, 0.3) is 0 Å². The Kier molecular flexibility index (Phi) is 3.14. The molecule has 0 bridgehead atoms. The molecular weight excluding hydrogens is 219 g/mol. The van der Waals surface area contributed by atoms with Crippen molar-refractivity contribution in [3.63, 3.8) is 0 Å². The average Bonchev–Trinajstić information content (AvgIpc) is 2.34. The summed E-state index contributed by atoms with van der Waals surface area (Å²) in [5.41, 5.74) is 7.62. The third-order valence-corrected chi connectivity index (χ3v) is 2.38. The summed E-state index contributed by atoms with van der Waals surface area (Å²) in [5.74, 6) is 0.436. The lowest BCUT2D eigenvalue weighted by molar-refractivity contribution is 0.415. The molecule has 4 heteroatoms. The Balaban J connectivity index is 2.19. The molecule has 88 valence electrons. The van der Waals surface area contributed by atoms with Gasteiger partial charge in [0.15, 0.2) is 0 Å². The number of nitrogen functional groups attached to an aromatic ring is 1. The molecule has 0 unspecified atom stereocenters. The van der Waals surface area contributed by atoms with Gasteiger partial charge < -0.3 is 15.8 Å². The van der Waals surface area contributed by atoms with Crippen molar-refractivity contribution in [3.05, 3.63) is 48.3 Å². The second-order valence-corrected chi connectivity index (χ2v) is 3.59.